The van der Waals surface area contributed by atoms with Crippen LogP contribution in [0.4, 0.5) is 5.69 Å². The highest BCUT2D eigenvalue weighted by Gasteiger charge is 2.14. The van der Waals surface area contributed by atoms with E-state index in [0.717, 1.165) is 5.39 Å². The van der Waals surface area contributed by atoms with Crippen LogP contribution >= 0.6 is 0 Å². The van der Waals surface area contributed by atoms with E-state index in [1.807, 2.05) is 19.9 Å². The van der Waals surface area contributed by atoms with Crippen molar-refractivity contribution in [2.24, 2.45) is 0 Å². The van der Waals surface area contributed by atoms with Crippen LogP contribution in [0.3, 0.4) is 0 Å². The fourth-order valence-corrected chi connectivity index (χ4v) is 1.96. The number of furan rings is 1. The Hall–Kier alpha value is -1.85. The summed E-state index contributed by atoms with van der Waals surface area (Å²) in [6, 6.07) is 7.49. The van der Waals surface area contributed by atoms with Crippen molar-refractivity contribution in [3.05, 3.63) is 30.0 Å². The Morgan fingerprint density at radius 3 is 2.75 bits per heavy atom. The lowest BCUT2D eigenvalue weighted by atomic mass is 10.2. The number of anilines is 1. The molecule has 1 aromatic carbocycles. The third-order valence-corrected chi connectivity index (χ3v) is 2.90. The van der Waals surface area contributed by atoms with Crippen molar-refractivity contribution in [2.45, 2.75) is 32.9 Å². The first kappa shape index (κ1) is 14.6. The molecule has 5 nitrogen and oxygen atoms in total. The second-order valence-electron chi connectivity index (χ2n) is 5.16. The lowest BCUT2D eigenvalue weighted by Crippen LogP contribution is -2.27. The molecule has 3 N–H and O–H groups in total. The maximum atomic E-state index is 11.0. The molecule has 1 amide bonds. The average Bonchev–Trinajstić information content (AvgIpc) is 2.78. The average molecular weight is 276 g/mol. The number of rotatable bonds is 5. The van der Waals surface area contributed by atoms with Gasteiger partial charge in [0, 0.05) is 30.6 Å². The van der Waals surface area contributed by atoms with Crippen LogP contribution in [0, 0.1) is 0 Å². The monoisotopic (exact) mass is 276 g/mol. The van der Waals surface area contributed by atoms with E-state index in [1.165, 1.54) is 6.92 Å². The van der Waals surface area contributed by atoms with E-state index in [2.05, 4.69) is 10.6 Å². The molecule has 0 radical (unpaired) electrons. The Kier molecular flexibility index (Phi) is 4.42. The second kappa shape index (κ2) is 6.07. The van der Waals surface area contributed by atoms with Gasteiger partial charge in [-0.2, -0.15) is 0 Å². The third-order valence-electron chi connectivity index (χ3n) is 2.90. The number of hydrogen-bond acceptors (Lipinski definition) is 4. The van der Waals surface area contributed by atoms with Crippen LogP contribution in [-0.4, -0.2) is 23.6 Å². The van der Waals surface area contributed by atoms with Crippen molar-refractivity contribution in [1.82, 2.24) is 5.32 Å². The first-order chi connectivity index (χ1) is 9.45. The van der Waals surface area contributed by atoms with Crippen molar-refractivity contribution in [3.63, 3.8) is 0 Å². The number of aliphatic hydroxyl groups excluding tert-OH is 1. The predicted molar refractivity (Wildman–Crippen MR) is 78.6 cm³/mol. The Balaban J connectivity index is 2.18. The van der Waals surface area contributed by atoms with Crippen molar-refractivity contribution < 1.29 is 14.3 Å². The van der Waals surface area contributed by atoms with Gasteiger partial charge in [-0.25, -0.2) is 0 Å². The van der Waals surface area contributed by atoms with Crippen molar-refractivity contribution in [3.8, 4) is 0 Å². The zero-order valence-electron chi connectivity index (χ0n) is 11.9. The van der Waals surface area contributed by atoms with Crippen LogP contribution in [0.25, 0.3) is 11.0 Å². The molecule has 0 fully saturated rings. The molecule has 1 atom stereocenters. The van der Waals surface area contributed by atoms with Gasteiger partial charge in [-0.05, 0) is 24.3 Å². The van der Waals surface area contributed by atoms with Gasteiger partial charge < -0.3 is 20.2 Å². The molecule has 0 aliphatic carbocycles. The second-order valence-corrected chi connectivity index (χ2v) is 5.16. The number of nitrogens with one attached hydrogen (secondary N) is 2. The van der Waals surface area contributed by atoms with Gasteiger partial charge in [0.15, 0.2) is 0 Å². The molecule has 108 valence electrons. The predicted octanol–water partition coefficient (Wildman–Crippen LogP) is 2.42. The lowest BCUT2D eigenvalue weighted by molar-refractivity contribution is -0.114. The summed E-state index contributed by atoms with van der Waals surface area (Å²) in [7, 11) is 0. The number of benzene rings is 1. The van der Waals surface area contributed by atoms with E-state index in [9.17, 15) is 9.90 Å². The van der Waals surface area contributed by atoms with Gasteiger partial charge in [0.1, 0.15) is 17.4 Å². The van der Waals surface area contributed by atoms with Crippen LogP contribution < -0.4 is 10.6 Å². The molecule has 2 aromatic rings. The minimum Gasteiger partial charge on any atom is -0.458 e. The minimum absolute atomic E-state index is 0.116. The SMILES string of the molecule is CC(=O)Nc1ccc2oc([C@@H](O)CNC(C)C)cc2c1. The van der Waals surface area contributed by atoms with E-state index in [1.54, 1.807) is 18.2 Å². The molecule has 0 bridgehead atoms. The molecule has 1 aromatic heterocycles. The smallest absolute Gasteiger partial charge is 0.221 e. The van der Waals surface area contributed by atoms with Gasteiger partial charge in [0.25, 0.3) is 0 Å². The lowest BCUT2D eigenvalue weighted by Gasteiger charge is -2.11. The molecule has 0 unspecified atom stereocenters. The molecule has 0 saturated heterocycles. The summed E-state index contributed by atoms with van der Waals surface area (Å²) < 4.78 is 5.62. The van der Waals surface area contributed by atoms with Gasteiger partial charge >= 0.3 is 0 Å². The minimum atomic E-state index is -0.686. The summed E-state index contributed by atoms with van der Waals surface area (Å²) in [5, 5.41) is 16.8. The summed E-state index contributed by atoms with van der Waals surface area (Å²) >= 11 is 0. The van der Waals surface area contributed by atoms with E-state index in [-0.39, 0.29) is 5.91 Å². The van der Waals surface area contributed by atoms with Gasteiger partial charge in [-0.15, -0.1) is 0 Å². The standard InChI is InChI=1S/C15H20N2O3/c1-9(2)16-8-13(19)15-7-11-6-12(17-10(3)18)4-5-14(11)20-15/h4-7,9,13,16,19H,8H2,1-3H3,(H,17,18)/t13-/m0/s1. The number of aliphatic hydroxyl groups is 1. The Labute approximate surface area is 118 Å². The highest BCUT2D eigenvalue weighted by atomic mass is 16.4. The number of carbonyl (C=O) groups is 1. The maximum absolute atomic E-state index is 11.0. The van der Waals surface area contributed by atoms with Crippen LogP contribution in [0.2, 0.25) is 0 Å². The summed E-state index contributed by atoms with van der Waals surface area (Å²) in [6.45, 7) is 5.94. The van der Waals surface area contributed by atoms with Gasteiger partial charge in [0.2, 0.25) is 5.91 Å². The topological polar surface area (TPSA) is 74.5 Å². The number of carbonyl (C=O) groups excluding carboxylic acids is 1. The van der Waals surface area contributed by atoms with Crippen molar-refractivity contribution in [2.75, 3.05) is 11.9 Å². The van der Waals surface area contributed by atoms with Crippen LogP contribution in [0.5, 0.6) is 0 Å². The zero-order chi connectivity index (χ0) is 14.7. The van der Waals surface area contributed by atoms with Gasteiger partial charge in [-0.1, -0.05) is 13.8 Å². The van der Waals surface area contributed by atoms with Gasteiger partial charge in [0.05, 0.1) is 0 Å². The summed E-state index contributed by atoms with van der Waals surface area (Å²) in [5.41, 5.74) is 1.41. The molecule has 0 spiro atoms. The normalized spacial score (nSPS) is 12.8. The van der Waals surface area contributed by atoms with Crippen LogP contribution in [0.1, 0.15) is 32.6 Å². The summed E-state index contributed by atoms with van der Waals surface area (Å²) in [6.07, 6.45) is -0.686. The fourth-order valence-electron chi connectivity index (χ4n) is 1.96. The highest BCUT2D eigenvalue weighted by Crippen LogP contribution is 2.26. The van der Waals surface area contributed by atoms with Crippen molar-refractivity contribution in [1.29, 1.82) is 0 Å². The molecule has 1 heterocycles. The van der Waals surface area contributed by atoms with Crippen molar-refractivity contribution >= 4 is 22.6 Å². The first-order valence-electron chi connectivity index (χ1n) is 6.68. The largest absolute Gasteiger partial charge is 0.458 e. The van der Waals surface area contributed by atoms with Gasteiger partial charge in [-0.3, -0.25) is 4.79 Å². The third kappa shape index (κ3) is 3.59. The van der Waals surface area contributed by atoms with Crippen LogP contribution in [0.15, 0.2) is 28.7 Å². The molecule has 0 aliphatic heterocycles. The van der Waals surface area contributed by atoms with E-state index in [0.29, 0.717) is 29.6 Å². The number of hydrogen-bond donors (Lipinski definition) is 3. The molecule has 2 rings (SSSR count). The highest BCUT2D eigenvalue weighted by molar-refractivity contribution is 5.92. The number of amides is 1. The maximum Gasteiger partial charge on any atom is 0.221 e. The molecule has 0 saturated carbocycles. The fraction of sp³-hybridized carbons (Fsp3) is 0.400. The Morgan fingerprint density at radius 1 is 1.35 bits per heavy atom. The molecule has 0 aliphatic rings. The Morgan fingerprint density at radius 2 is 2.10 bits per heavy atom. The summed E-state index contributed by atoms with van der Waals surface area (Å²) in [4.78, 5) is 11.0. The summed E-state index contributed by atoms with van der Waals surface area (Å²) in [5.74, 6) is 0.405. The molecular weight excluding hydrogens is 256 g/mol. The van der Waals surface area contributed by atoms with E-state index >= 15 is 0 Å². The van der Waals surface area contributed by atoms with E-state index < -0.39 is 6.10 Å². The van der Waals surface area contributed by atoms with E-state index in [4.69, 9.17) is 4.42 Å². The zero-order valence-corrected chi connectivity index (χ0v) is 11.9. The first-order valence-corrected chi connectivity index (χ1v) is 6.68. The molecular formula is C15H20N2O3. The quantitative estimate of drug-likeness (QED) is 0.784. The van der Waals surface area contributed by atoms with Crippen LogP contribution in [-0.2, 0) is 4.79 Å². The Bertz CT molecular complexity index is 604. The molecule has 5 heteroatoms. The molecule has 20 heavy (non-hydrogen) atoms. The number of fused-ring (bicyclic) bond motifs is 1.